The number of carbonyl (C=O) groups excluding carboxylic acids is 3. The molecule has 0 atom stereocenters. The number of hydrogen-bond donors (Lipinski definition) is 1. The van der Waals surface area contributed by atoms with E-state index in [1.54, 1.807) is 0 Å². The van der Waals surface area contributed by atoms with Crippen molar-refractivity contribution in [3.05, 3.63) is 82.7 Å². The molecule has 0 saturated heterocycles. The zero-order valence-corrected chi connectivity index (χ0v) is 16.9. The summed E-state index contributed by atoms with van der Waals surface area (Å²) in [6, 6.07) is 9.40. The maximum Gasteiger partial charge on any atom is 0.271 e. The number of nitrogens with zero attached hydrogens (tertiary/aromatic N) is 2. The minimum Gasteiger partial charge on any atom is -0.354 e. The van der Waals surface area contributed by atoms with Gasteiger partial charge in [0.15, 0.2) is 17.5 Å². The summed E-state index contributed by atoms with van der Waals surface area (Å²) in [6.07, 6.45) is 2.49. The highest BCUT2D eigenvalue weighted by Gasteiger charge is 2.13. The lowest BCUT2D eigenvalue weighted by Gasteiger charge is -2.03. The van der Waals surface area contributed by atoms with Crippen LogP contribution < -0.4 is 5.32 Å². The maximum atomic E-state index is 13.0. The molecule has 1 N–H and O–H groups in total. The van der Waals surface area contributed by atoms with Crippen LogP contribution in [0.2, 0.25) is 5.02 Å². The zero-order valence-electron chi connectivity index (χ0n) is 16.2. The van der Waals surface area contributed by atoms with Gasteiger partial charge in [-0.1, -0.05) is 29.8 Å². The summed E-state index contributed by atoms with van der Waals surface area (Å²) in [5, 5.41) is 3.20. The molecule has 6 nitrogen and oxygen atoms in total. The van der Waals surface area contributed by atoms with E-state index in [2.05, 4.69) is 10.3 Å². The van der Waals surface area contributed by atoms with Gasteiger partial charge in [0, 0.05) is 30.4 Å². The van der Waals surface area contributed by atoms with E-state index < -0.39 is 23.4 Å². The summed E-state index contributed by atoms with van der Waals surface area (Å²) in [4.78, 5) is 31.0. The molecule has 160 valence electrons. The smallest absolute Gasteiger partial charge is 0.271 e. The van der Waals surface area contributed by atoms with Crippen LogP contribution in [-0.4, -0.2) is 36.1 Å². The fourth-order valence-electron chi connectivity index (χ4n) is 1.95. The summed E-state index contributed by atoms with van der Waals surface area (Å²) in [6.45, 7) is 5.99. The molecule has 3 aromatic rings. The minimum atomic E-state index is -1.54. The van der Waals surface area contributed by atoms with E-state index in [1.165, 1.54) is 24.1 Å². The van der Waals surface area contributed by atoms with Crippen molar-refractivity contribution in [1.82, 2.24) is 14.9 Å². The Balaban J connectivity index is 0.000000585. The first kappa shape index (κ1) is 26.5. The lowest BCUT2D eigenvalue weighted by molar-refractivity contribution is -0.0987. The molecule has 30 heavy (non-hydrogen) atoms. The Kier molecular flexibility index (Phi) is 12.1. The van der Waals surface area contributed by atoms with Crippen molar-refractivity contribution in [3.63, 3.8) is 0 Å². The van der Waals surface area contributed by atoms with Crippen LogP contribution in [-0.2, 0) is 9.59 Å². The molecule has 1 heterocycles. The number of benzene rings is 2. The Hall–Kier alpha value is -3.46. The van der Waals surface area contributed by atoms with Gasteiger partial charge >= 0.3 is 0 Å². The largest absolute Gasteiger partial charge is 0.354 e. The van der Waals surface area contributed by atoms with Crippen LogP contribution in [0, 0.1) is 24.4 Å². The molecule has 0 saturated carbocycles. The maximum absolute atomic E-state index is 13.0. The molecule has 0 radical (unpaired) electrons. The monoisotopic (exact) mass is 441 g/mol. The van der Waals surface area contributed by atoms with Gasteiger partial charge in [-0.05, 0) is 18.6 Å². The number of nitrogens with one attached hydrogen (secondary N) is 1. The van der Waals surface area contributed by atoms with E-state index in [1.807, 2.05) is 44.8 Å². The molecular formula is C20H19ClF3N3O3. The lowest BCUT2D eigenvalue weighted by Crippen LogP contribution is -2.17. The molecule has 0 aliphatic rings. The summed E-state index contributed by atoms with van der Waals surface area (Å²) >= 11 is 5.71. The van der Waals surface area contributed by atoms with Crippen LogP contribution >= 0.6 is 11.6 Å². The molecule has 1 aromatic heterocycles. The highest BCUT2D eigenvalue weighted by molar-refractivity contribution is 6.31. The quantitative estimate of drug-likeness (QED) is 0.611. The number of aromatic nitrogens is 2. The van der Waals surface area contributed by atoms with Crippen LogP contribution in [0.3, 0.4) is 0 Å². The number of rotatable bonds is 2. The fraction of sp³-hybridized carbons (Fsp3) is 0.100. The Morgan fingerprint density at radius 2 is 1.60 bits per heavy atom. The molecule has 0 spiro atoms. The highest BCUT2D eigenvalue weighted by atomic mass is 35.5. The second-order valence-electron chi connectivity index (χ2n) is 5.22. The Morgan fingerprint density at radius 3 is 2.03 bits per heavy atom. The van der Waals surface area contributed by atoms with Crippen molar-refractivity contribution in [2.45, 2.75) is 6.92 Å². The van der Waals surface area contributed by atoms with Gasteiger partial charge in [-0.25, -0.2) is 18.2 Å². The number of hydrogen-bond acceptors (Lipinski definition) is 4. The highest BCUT2D eigenvalue weighted by Crippen LogP contribution is 2.17. The Bertz CT molecular complexity index is 921. The molecule has 0 fully saturated rings. The third-order valence-electron chi connectivity index (χ3n) is 3.39. The van der Waals surface area contributed by atoms with Gasteiger partial charge in [0.05, 0.1) is 5.69 Å². The second-order valence-corrected chi connectivity index (χ2v) is 5.63. The van der Waals surface area contributed by atoms with Crippen molar-refractivity contribution >= 4 is 31.1 Å². The molecule has 0 aliphatic carbocycles. The van der Waals surface area contributed by atoms with Gasteiger partial charge < -0.3 is 19.5 Å². The SMILES string of the molecule is C=O.C=O.CNC(=O)c1cn(-c2cc(F)c(F)c(F)c2)cn1.Cc1ccccc1Cl. The van der Waals surface area contributed by atoms with Crippen LogP contribution in [0.25, 0.3) is 5.69 Å². The second kappa shape index (κ2) is 13.7. The predicted octanol–water partition coefficient (Wildman–Crippen LogP) is 3.93. The van der Waals surface area contributed by atoms with E-state index >= 15 is 0 Å². The van der Waals surface area contributed by atoms with Crippen LogP contribution in [0.5, 0.6) is 0 Å². The average molecular weight is 442 g/mol. The van der Waals surface area contributed by atoms with E-state index in [0.29, 0.717) is 0 Å². The summed E-state index contributed by atoms with van der Waals surface area (Å²) < 4.78 is 40.1. The molecule has 1 amide bonds. The molecule has 10 heteroatoms. The average Bonchev–Trinajstić information content (AvgIpc) is 3.27. The van der Waals surface area contributed by atoms with Crippen LogP contribution in [0.4, 0.5) is 13.2 Å². The first-order chi connectivity index (χ1) is 14.3. The van der Waals surface area contributed by atoms with Crippen molar-refractivity contribution in [1.29, 1.82) is 0 Å². The molecule has 0 unspecified atom stereocenters. The van der Waals surface area contributed by atoms with Crippen LogP contribution in [0.1, 0.15) is 16.1 Å². The van der Waals surface area contributed by atoms with Crippen molar-refractivity contribution < 1.29 is 27.6 Å². The fourth-order valence-corrected chi connectivity index (χ4v) is 2.09. The van der Waals surface area contributed by atoms with Gasteiger partial charge in [0.1, 0.15) is 25.6 Å². The van der Waals surface area contributed by atoms with Gasteiger partial charge in [-0.2, -0.15) is 0 Å². The Morgan fingerprint density at radius 1 is 1.07 bits per heavy atom. The van der Waals surface area contributed by atoms with Gasteiger partial charge in [-0.3, -0.25) is 4.79 Å². The van der Waals surface area contributed by atoms with E-state index in [-0.39, 0.29) is 11.4 Å². The number of carbonyl (C=O) groups is 3. The predicted molar refractivity (Wildman–Crippen MR) is 107 cm³/mol. The Labute approximate surface area is 176 Å². The standard InChI is InChI=1S/C11H8F3N3O.C7H7Cl.2CH2O/c1-15-11(18)9-4-17(5-16-9)6-2-7(12)10(14)8(13)3-6;1-6-4-2-3-5-7(6)8;2*1-2/h2-5H,1H3,(H,15,18);2-5H,1H3;2*1H2. The molecular weight excluding hydrogens is 423 g/mol. The molecule has 0 bridgehead atoms. The van der Waals surface area contributed by atoms with Crippen molar-refractivity contribution in [3.8, 4) is 5.69 Å². The summed E-state index contributed by atoms with van der Waals surface area (Å²) in [5.74, 6) is -4.58. The number of aryl methyl sites for hydroxylation is 1. The molecule has 2 aromatic carbocycles. The minimum absolute atomic E-state index is 0.0362. The zero-order chi connectivity index (χ0) is 23.3. The number of halogens is 4. The van der Waals surface area contributed by atoms with Crippen LogP contribution in [0.15, 0.2) is 48.9 Å². The van der Waals surface area contributed by atoms with Crippen molar-refractivity contribution in [2.75, 3.05) is 7.05 Å². The van der Waals surface area contributed by atoms with Gasteiger partial charge in [0.2, 0.25) is 0 Å². The first-order valence-corrected chi connectivity index (χ1v) is 8.41. The number of amides is 1. The third kappa shape index (κ3) is 7.51. The first-order valence-electron chi connectivity index (χ1n) is 8.03. The topological polar surface area (TPSA) is 81.1 Å². The van der Waals surface area contributed by atoms with E-state index in [0.717, 1.165) is 22.7 Å². The molecule has 3 rings (SSSR count). The van der Waals surface area contributed by atoms with E-state index in [9.17, 15) is 18.0 Å². The van der Waals surface area contributed by atoms with Crippen molar-refractivity contribution in [2.24, 2.45) is 0 Å². The molecule has 0 aliphatic heterocycles. The van der Waals surface area contributed by atoms with Gasteiger partial charge in [0.25, 0.3) is 5.91 Å². The normalized spacial score (nSPS) is 9.00. The number of imidazole rings is 1. The van der Waals surface area contributed by atoms with E-state index in [4.69, 9.17) is 21.2 Å². The lowest BCUT2D eigenvalue weighted by atomic mass is 10.2. The third-order valence-corrected chi connectivity index (χ3v) is 3.81. The summed E-state index contributed by atoms with van der Waals surface area (Å²) in [5.41, 5.74) is 1.26. The van der Waals surface area contributed by atoms with Gasteiger partial charge in [-0.15, -0.1) is 0 Å². The summed E-state index contributed by atoms with van der Waals surface area (Å²) in [7, 11) is 1.43.